The molecule has 9 heteroatoms. The van der Waals surface area contributed by atoms with E-state index in [2.05, 4.69) is 15.5 Å². The molecule has 6 nitrogen and oxygen atoms in total. The molecule has 2 N–H and O–H groups in total. The van der Waals surface area contributed by atoms with Crippen molar-refractivity contribution in [2.75, 3.05) is 19.0 Å². The van der Waals surface area contributed by atoms with E-state index in [9.17, 15) is 14.0 Å². The Balaban J connectivity index is 1.39. The Morgan fingerprint density at radius 3 is 2.52 bits per heavy atom. The van der Waals surface area contributed by atoms with Gasteiger partial charge in [0, 0.05) is 18.1 Å². The molecule has 2 heterocycles. The molecule has 0 spiro atoms. The Morgan fingerprint density at radius 1 is 1.12 bits per heavy atom. The molecule has 2 aliphatic heterocycles. The van der Waals surface area contributed by atoms with Crippen LogP contribution in [-0.2, 0) is 4.79 Å². The number of fused-ring (bicyclic) bond motifs is 2. The molecule has 0 aromatic heterocycles. The van der Waals surface area contributed by atoms with Crippen LogP contribution in [0.2, 0.25) is 10.0 Å². The van der Waals surface area contributed by atoms with Crippen LogP contribution in [-0.4, -0.2) is 48.5 Å². The molecule has 4 rings (SSSR count). The second kappa shape index (κ2) is 10.3. The Bertz CT molecular complexity index is 1040. The molecule has 176 valence electrons. The number of carbonyl (C=O) groups is 2. The first-order valence-corrected chi connectivity index (χ1v) is 11.8. The van der Waals surface area contributed by atoms with E-state index >= 15 is 0 Å². The SMILES string of the molecule is COc1cccc(C(=O)NC2CC3CCCC(C2)N3CC(=O)Nc2cccc(Cl)c2Cl)c1F. The summed E-state index contributed by atoms with van der Waals surface area (Å²) in [7, 11) is 1.37. The molecule has 0 saturated carbocycles. The highest BCUT2D eigenvalue weighted by Crippen LogP contribution is 2.35. The van der Waals surface area contributed by atoms with Crippen LogP contribution in [0.5, 0.6) is 5.75 Å². The second-order valence-electron chi connectivity index (χ2n) is 8.52. The van der Waals surface area contributed by atoms with Crippen molar-refractivity contribution in [3.05, 3.63) is 57.8 Å². The van der Waals surface area contributed by atoms with E-state index in [1.54, 1.807) is 24.3 Å². The highest BCUT2D eigenvalue weighted by molar-refractivity contribution is 6.44. The third kappa shape index (κ3) is 5.26. The molecule has 2 bridgehead atoms. The Kier molecular flexibility index (Phi) is 7.41. The summed E-state index contributed by atoms with van der Waals surface area (Å²) in [4.78, 5) is 27.7. The van der Waals surface area contributed by atoms with Crippen molar-refractivity contribution in [2.24, 2.45) is 0 Å². The molecule has 2 amide bonds. The summed E-state index contributed by atoms with van der Waals surface area (Å²) in [6, 6.07) is 9.89. The number of piperidine rings is 2. The van der Waals surface area contributed by atoms with Gasteiger partial charge in [0.2, 0.25) is 5.91 Å². The number of anilines is 1. The van der Waals surface area contributed by atoms with E-state index in [4.69, 9.17) is 27.9 Å². The number of methoxy groups -OCH3 is 1. The predicted molar refractivity (Wildman–Crippen MR) is 127 cm³/mol. The highest BCUT2D eigenvalue weighted by Gasteiger charge is 2.39. The molecule has 2 aromatic carbocycles. The number of nitrogens with zero attached hydrogens (tertiary/aromatic N) is 1. The molecule has 2 aromatic rings. The molecule has 0 aliphatic carbocycles. The molecule has 2 fully saturated rings. The lowest BCUT2D eigenvalue weighted by molar-refractivity contribution is -0.120. The van der Waals surface area contributed by atoms with E-state index in [1.807, 2.05) is 0 Å². The summed E-state index contributed by atoms with van der Waals surface area (Å²) in [5.41, 5.74) is 0.460. The number of hydrogen-bond donors (Lipinski definition) is 2. The fourth-order valence-corrected chi connectivity index (χ4v) is 5.27. The number of ether oxygens (including phenoxy) is 1. The first-order chi connectivity index (χ1) is 15.9. The van der Waals surface area contributed by atoms with Gasteiger partial charge < -0.3 is 15.4 Å². The van der Waals surface area contributed by atoms with E-state index in [0.717, 1.165) is 19.3 Å². The van der Waals surface area contributed by atoms with Gasteiger partial charge in [-0.15, -0.1) is 0 Å². The van der Waals surface area contributed by atoms with Crippen molar-refractivity contribution in [3.63, 3.8) is 0 Å². The minimum Gasteiger partial charge on any atom is -0.494 e. The van der Waals surface area contributed by atoms with Gasteiger partial charge in [-0.25, -0.2) is 4.39 Å². The van der Waals surface area contributed by atoms with Gasteiger partial charge >= 0.3 is 0 Å². The average Bonchev–Trinajstić information content (AvgIpc) is 2.77. The third-order valence-corrected chi connectivity index (χ3v) is 7.26. The fourth-order valence-electron chi connectivity index (χ4n) is 4.92. The second-order valence-corrected chi connectivity index (χ2v) is 9.31. The standard InChI is InChI=1S/C24H26Cl2FN3O3/c1-33-20-10-3-7-17(23(20)27)24(32)28-14-11-15-5-2-6-16(12-14)30(15)13-21(31)29-19-9-4-8-18(25)22(19)26/h3-4,7-10,14-16H,2,5-6,11-13H2,1H3,(H,28,32)(H,29,31). The fraction of sp³-hybridized carbons (Fsp3) is 0.417. The number of rotatable bonds is 6. The third-order valence-electron chi connectivity index (χ3n) is 6.44. The van der Waals surface area contributed by atoms with Gasteiger partial charge in [-0.2, -0.15) is 0 Å². The first kappa shape index (κ1) is 23.8. The van der Waals surface area contributed by atoms with Crippen molar-refractivity contribution in [2.45, 2.75) is 50.2 Å². The minimum absolute atomic E-state index is 0.0280. The Hall–Kier alpha value is -2.35. The van der Waals surface area contributed by atoms with Crippen LogP contribution in [0.15, 0.2) is 36.4 Å². The molecule has 2 atom stereocenters. The van der Waals surface area contributed by atoms with E-state index < -0.39 is 11.7 Å². The van der Waals surface area contributed by atoms with Gasteiger partial charge in [0.05, 0.1) is 35.0 Å². The molecule has 2 unspecified atom stereocenters. The van der Waals surface area contributed by atoms with Crippen molar-refractivity contribution in [1.29, 1.82) is 0 Å². The maximum Gasteiger partial charge on any atom is 0.254 e. The van der Waals surface area contributed by atoms with Gasteiger partial charge in [-0.1, -0.05) is 41.8 Å². The zero-order valence-electron chi connectivity index (χ0n) is 18.2. The maximum absolute atomic E-state index is 14.5. The van der Waals surface area contributed by atoms with Crippen LogP contribution >= 0.6 is 23.2 Å². The molecule has 0 radical (unpaired) electrons. The van der Waals surface area contributed by atoms with Crippen LogP contribution in [0.4, 0.5) is 10.1 Å². The Labute approximate surface area is 202 Å². The predicted octanol–water partition coefficient (Wildman–Crippen LogP) is 4.90. The summed E-state index contributed by atoms with van der Waals surface area (Å²) >= 11 is 12.2. The summed E-state index contributed by atoms with van der Waals surface area (Å²) in [6.45, 7) is 0.239. The summed E-state index contributed by atoms with van der Waals surface area (Å²) in [5.74, 6) is -1.22. The van der Waals surface area contributed by atoms with Crippen molar-refractivity contribution in [1.82, 2.24) is 10.2 Å². The summed E-state index contributed by atoms with van der Waals surface area (Å²) in [5, 5.41) is 6.54. The summed E-state index contributed by atoms with van der Waals surface area (Å²) < 4.78 is 19.5. The van der Waals surface area contributed by atoms with E-state index in [0.29, 0.717) is 28.6 Å². The smallest absolute Gasteiger partial charge is 0.254 e. The number of halogens is 3. The lowest BCUT2D eigenvalue weighted by Gasteiger charge is -2.48. The lowest BCUT2D eigenvalue weighted by atomic mass is 9.81. The zero-order chi connectivity index (χ0) is 23.5. The van der Waals surface area contributed by atoms with E-state index in [1.165, 1.54) is 19.2 Å². The van der Waals surface area contributed by atoms with Gasteiger partial charge in [-0.05, 0) is 49.9 Å². The number of nitrogens with one attached hydrogen (secondary N) is 2. The van der Waals surface area contributed by atoms with E-state index in [-0.39, 0.29) is 41.9 Å². The quantitative estimate of drug-likeness (QED) is 0.600. The van der Waals surface area contributed by atoms with Gasteiger partial charge in [0.15, 0.2) is 11.6 Å². The van der Waals surface area contributed by atoms with Crippen LogP contribution < -0.4 is 15.4 Å². The zero-order valence-corrected chi connectivity index (χ0v) is 19.8. The topological polar surface area (TPSA) is 70.7 Å². The van der Waals surface area contributed by atoms with Gasteiger partial charge in [0.25, 0.3) is 5.91 Å². The monoisotopic (exact) mass is 493 g/mol. The van der Waals surface area contributed by atoms with Crippen molar-refractivity contribution in [3.8, 4) is 5.75 Å². The van der Waals surface area contributed by atoms with Crippen LogP contribution in [0.3, 0.4) is 0 Å². The van der Waals surface area contributed by atoms with Crippen LogP contribution in [0.1, 0.15) is 42.5 Å². The normalized spacial score (nSPS) is 22.5. The van der Waals surface area contributed by atoms with Crippen molar-refractivity contribution < 1.29 is 18.7 Å². The largest absolute Gasteiger partial charge is 0.494 e. The molecule has 2 aliphatic rings. The molecule has 33 heavy (non-hydrogen) atoms. The number of carbonyl (C=O) groups excluding carboxylic acids is 2. The van der Waals surface area contributed by atoms with Crippen LogP contribution in [0.25, 0.3) is 0 Å². The average molecular weight is 494 g/mol. The van der Waals surface area contributed by atoms with Gasteiger partial charge in [-0.3, -0.25) is 14.5 Å². The molecular weight excluding hydrogens is 468 g/mol. The number of hydrogen-bond acceptors (Lipinski definition) is 4. The maximum atomic E-state index is 14.5. The lowest BCUT2D eigenvalue weighted by Crippen LogP contribution is -2.58. The number of amides is 2. The van der Waals surface area contributed by atoms with Crippen molar-refractivity contribution >= 4 is 40.7 Å². The van der Waals surface area contributed by atoms with Crippen LogP contribution in [0, 0.1) is 5.82 Å². The Morgan fingerprint density at radius 2 is 1.82 bits per heavy atom. The first-order valence-electron chi connectivity index (χ1n) is 11.0. The van der Waals surface area contributed by atoms with Gasteiger partial charge in [0.1, 0.15) is 0 Å². The molecule has 2 saturated heterocycles. The minimum atomic E-state index is -0.661. The highest BCUT2D eigenvalue weighted by atomic mass is 35.5. The molecular formula is C24H26Cl2FN3O3. The number of benzene rings is 2. The summed E-state index contributed by atoms with van der Waals surface area (Å²) in [6.07, 6.45) is 4.39.